The summed E-state index contributed by atoms with van der Waals surface area (Å²) < 4.78 is 35.0. The summed E-state index contributed by atoms with van der Waals surface area (Å²) in [5, 5.41) is 10.8. The van der Waals surface area contributed by atoms with E-state index in [0.29, 0.717) is 13.2 Å². The third-order valence-corrected chi connectivity index (χ3v) is 4.79. The number of hydrogen-bond donors (Lipinski definition) is 1. The molecule has 2 heterocycles. The lowest BCUT2D eigenvalue weighted by molar-refractivity contribution is -0.248. The Morgan fingerprint density at radius 2 is 1.93 bits per heavy atom. The van der Waals surface area contributed by atoms with Crippen molar-refractivity contribution in [3.63, 3.8) is 0 Å². The number of ether oxygens (including phenoxy) is 6. The Labute approximate surface area is 166 Å². The molecule has 7 heteroatoms. The smallest absolute Gasteiger partial charge is 0.186 e. The molecule has 1 aromatic carbocycles. The van der Waals surface area contributed by atoms with Gasteiger partial charge in [-0.2, -0.15) is 0 Å². The maximum atomic E-state index is 10.8. The zero-order valence-corrected chi connectivity index (χ0v) is 16.7. The molecule has 0 spiro atoms. The Hall–Kier alpha value is -1.32. The number of hydrogen-bond acceptors (Lipinski definition) is 7. The number of fused-ring (bicyclic) bond motifs is 1. The minimum Gasteiger partial charge on any atom is -0.388 e. The SMILES string of the molecule is C=CCOC[C@@H](O)[C@@H](OCc1ccccc1)[C@H]1O[C@H](OC)[C@H]2OC(C)(C)O[C@@H]12. The average Bonchev–Trinajstić information content (AvgIpc) is 3.16. The molecular formula is C21H30O7. The summed E-state index contributed by atoms with van der Waals surface area (Å²) in [5.74, 6) is -0.761. The van der Waals surface area contributed by atoms with Crippen LogP contribution < -0.4 is 0 Å². The number of methoxy groups -OCH3 is 1. The van der Waals surface area contributed by atoms with Crippen molar-refractivity contribution in [3.8, 4) is 0 Å². The number of aliphatic hydroxyl groups excluding tert-OH is 1. The summed E-state index contributed by atoms with van der Waals surface area (Å²) in [5.41, 5.74) is 0.994. The molecule has 2 aliphatic heterocycles. The normalized spacial score (nSPS) is 30.7. The van der Waals surface area contributed by atoms with E-state index >= 15 is 0 Å². The average molecular weight is 394 g/mol. The van der Waals surface area contributed by atoms with Crippen LogP contribution in [0.3, 0.4) is 0 Å². The Balaban J connectivity index is 1.75. The number of benzene rings is 1. The van der Waals surface area contributed by atoms with Gasteiger partial charge in [0.15, 0.2) is 12.1 Å². The molecule has 2 aliphatic rings. The molecule has 28 heavy (non-hydrogen) atoms. The van der Waals surface area contributed by atoms with Gasteiger partial charge in [-0.25, -0.2) is 0 Å². The van der Waals surface area contributed by atoms with Crippen LogP contribution in [0, 0.1) is 0 Å². The largest absolute Gasteiger partial charge is 0.388 e. The Kier molecular flexibility index (Phi) is 7.22. The van der Waals surface area contributed by atoms with Crippen LogP contribution in [0.15, 0.2) is 43.0 Å². The topological polar surface area (TPSA) is 75.6 Å². The van der Waals surface area contributed by atoms with Crippen molar-refractivity contribution < 1.29 is 33.5 Å². The first-order valence-electron chi connectivity index (χ1n) is 9.51. The van der Waals surface area contributed by atoms with Gasteiger partial charge in [0.1, 0.15) is 30.5 Å². The van der Waals surface area contributed by atoms with Gasteiger partial charge in [-0.1, -0.05) is 36.4 Å². The van der Waals surface area contributed by atoms with E-state index in [1.54, 1.807) is 13.2 Å². The summed E-state index contributed by atoms with van der Waals surface area (Å²) in [6.45, 7) is 8.06. The molecule has 3 rings (SSSR count). The lowest BCUT2D eigenvalue weighted by Gasteiger charge is -2.31. The quantitative estimate of drug-likeness (QED) is 0.481. The van der Waals surface area contributed by atoms with Crippen molar-refractivity contribution in [2.45, 2.75) is 63.1 Å². The van der Waals surface area contributed by atoms with Crippen molar-refractivity contribution in [2.24, 2.45) is 0 Å². The zero-order chi connectivity index (χ0) is 20.1. The Bertz CT molecular complexity index is 620. The molecule has 7 nitrogen and oxygen atoms in total. The van der Waals surface area contributed by atoms with E-state index in [9.17, 15) is 5.11 Å². The second-order valence-corrected chi connectivity index (χ2v) is 7.42. The molecule has 2 saturated heterocycles. The fraction of sp³-hybridized carbons (Fsp3) is 0.619. The maximum Gasteiger partial charge on any atom is 0.186 e. The van der Waals surface area contributed by atoms with E-state index < -0.39 is 42.6 Å². The van der Waals surface area contributed by atoms with Crippen LogP contribution in [-0.2, 0) is 35.0 Å². The summed E-state index contributed by atoms with van der Waals surface area (Å²) in [4.78, 5) is 0. The van der Waals surface area contributed by atoms with Crippen LogP contribution >= 0.6 is 0 Å². The molecule has 1 aromatic rings. The van der Waals surface area contributed by atoms with Gasteiger partial charge in [-0.05, 0) is 19.4 Å². The van der Waals surface area contributed by atoms with Crippen molar-refractivity contribution >= 4 is 0 Å². The molecule has 0 saturated carbocycles. The van der Waals surface area contributed by atoms with Crippen LogP contribution in [0.1, 0.15) is 19.4 Å². The summed E-state index contributed by atoms with van der Waals surface area (Å²) in [6.07, 6.45) is -1.95. The molecule has 0 amide bonds. The highest BCUT2D eigenvalue weighted by Gasteiger charge is 2.58. The molecule has 6 atom stereocenters. The van der Waals surface area contributed by atoms with E-state index in [2.05, 4.69) is 6.58 Å². The third kappa shape index (κ3) is 4.99. The monoisotopic (exact) mass is 394 g/mol. The van der Waals surface area contributed by atoms with Crippen molar-refractivity contribution in [1.82, 2.24) is 0 Å². The highest BCUT2D eigenvalue weighted by atomic mass is 16.8. The van der Waals surface area contributed by atoms with Crippen LogP contribution in [0.2, 0.25) is 0 Å². The molecule has 0 bridgehead atoms. The lowest BCUT2D eigenvalue weighted by atomic mass is 10.0. The Morgan fingerprint density at radius 1 is 1.21 bits per heavy atom. The highest BCUT2D eigenvalue weighted by molar-refractivity contribution is 5.13. The molecule has 0 aromatic heterocycles. The van der Waals surface area contributed by atoms with Gasteiger partial charge in [0.2, 0.25) is 0 Å². The molecule has 0 radical (unpaired) electrons. The first-order valence-corrected chi connectivity index (χ1v) is 9.51. The van der Waals surface area contributed by atoms with Gasteiger partial charge in [0, 0.05) is 7.11 Å². The fourth-order valence-corrected chi connectivity index (χ4v) is 3.60. The molecule has 156 valence electrons. The minimum atomic E-state index is -0.919. The predicted octanol–water partition coefficient (Wildman–Crippen LogP) is 2.03. The van der Waals surface area contributed by atoms with Gasteiger partial charge in [0.05, 0.1) is 19.8 Å². The first kappa shape index (κ1) is 21.4. The lowest BCUT2D eigenvalue weighted by Crippen LogP contribution is -2.48. The molecule has 0 aliphatic carbocycles. The van der Waals surface area contributed by atoms with Crippen molar-refractivity contribution in [2.75, 3.05) is 20.3 Å². The molecular weight excluding hydrogens is 364 g/mol. The van der Waals surface area contributed by atoms with E-state index in [4.69, 9.17) is 28.4 Å². The fourth-order valence-electron chi connectivity index (χ4n) is 3.60. The van der Waals surface area contributed by atoms with Crippen LogP contribution in [0.4, 0.5) is 0 Å². The first-order chi connectivity index (χ1) is 13.4. The predicted molar refractivity (Wildman–Crippen MR) is 102 cm³/mol. The van der Waals surface area contributed by atoms with E-state index in [-0.39, 0.29) is 6.61 Å². The third-order valence-electron chi connectivity index (χ3n) is 4.79. The standard InChI is InChI=1S/C21H30O7/c1-5-11-24-13-15(22)16(25-12-14-9-7-6-8-10-14)17-18-19(20(23-4)26-17)28-21(2,3)27-18/h5-10,15-20,22H,1,11-13H2,2-4H3/t15-,16-,17-,18+,19+,20+/m1/s1. The second-order valence-electron chi connectivity index (χ2n) is 7.42. The molecule has 1 N–H and O–H groups in total. The summed E-state index contributed by atoms with van der Waals surface area (Å²) in [6, 6.07) is 9.75. The van der Waals surface area contributed by atoms with Gasteiger partial charge >= 0.3 is 0 Å². The van der Waals surface area contributed by atoms with Gasteiger partial charge < -0.3 is 33.5 Å². The van der Waals surface area contributed by atoms with Crippen LogP contribution in [0.25, 0.3) is 0 Å². The van der Waals surface area contributed by atoms with Crippen molar-refractivity contribution in [3.05, 3.63) is 48.6 Å². The number of aliphatic hydroxyl groups is 1. The zero-order valence-electron chi connectivity index (χ0n) is 16.7. The van der Waals surface area contributed by atoms with Gasteiger partial charge in [0.25, 0.3) is 0 Å². The maximum absolute atomic E-state index is 10.8. The van der Waals surface area contributed by atoms with Gasteiger partial charge in [-0.15, -0.1) is 6.58 Å². The van der Waals surface area contributed by atoms with Crippen LogP contribution in [-0.4, -0.2) is 68.0 Å². The molecule has 0 unspecified atom stereocenters. The van der Waals surface area contributed by atoms with Gasteiger partial charge in [-0.3, -0.25) is 0 Å². The highest BCUT2D eigenvalue weighted by Crippen LogP contribution is 2.41. The van der Waals surface area contributed by atoms with E-state index in [0.717, 1.165) is 5.56 Å². The summed E-state index contributed by atoms with van der Waals surface area (Å²) >= 11 is 0. The number of rotatable bonds is 10. The van der Waals surface area contributed by atoms with Crippen molar-refractivity contribution in [1.29, 1.82) is 0 Å². The Morgan fingerprint density at radius 3 is 2.61 bits per heavy atom. The van der Waals surface area contributed by atoms with Crippen LogP contribution in [0.5, 0.6) is 0 Å². The van der Waals surface area contributed by atoms with E-state index in [1.807, 2.05) is 44.2 Å². The summed E-state index contributed by atoms with van der Waals surface area (Å²) in [7, 11) is 1.56. The van der Waals surface area contributed by atoms with E-state index in [1.165, 1.54) is 0 Å². The molecule has 2 fully saturated rings. The second kappa shape index (κ2) is 9.45. The minimum absolute atomic E-state index is 0.0879.